The van der Waals surface area contributed by atoms with Crippen molar-refractivity contribution in [3.63, 3.8) is 0 Å². The van der Waals surface area contributed by atoms with Crippen LogP contribution < -0.4 is 11.2 Å². The van der Waals surface area contributed by atoms with E-state index in [2.05, 4.69) is 21.6 Å². The van der Waals surface area contributed by atoms with Crippen LogP contribution in [0.4, 0.5) is 4.79 Å². The number of nitrogens with two attached hydrogens (primary N) is 1. The molecule has 2 amide bonds. The van der Waals surface area contributed by atoms with Crippen molar-refractivity contribution < 1.29 is 4.79 Å². The minimum Gasteiger partial charge on any atom is -0.358 e. The summed E-state index contributed by atoms with van der Waals surface area (Å²) in [6.07, 6.45) is 0.597. The van der Waals surface area contributed by atoms with Crippen molar-refractivity contribution in [3.05, 3.63) is 71.4 Å². The maximum atomic E-state index is 11.0. The normalized spacial score (nSPS) is 11.6. The van der Waals surface area contributed by atoms with E-state index in [4.69, 9.17) is 5.73 Å². The number of carbonyl (C=O) groups excluding carboxylic acids is 1. The molecule has 0 saturated heterocycles. The van der Waals surface area contributed by atoms with E-state index >= 15 is 0 Å². The number of hydrogen-bond donors (Lipinski definition) is 3. The van der Waals surface area contributed by atoms with Crippen molar-refractivity contribution in [1.29, 1.82) is 0 Å². The Kier molecular flexibility index (Phi) is 4.10. The topological polar surface area (TPSA) is 83.3 Å². The van der Waals surface area contributed by atoms with Crippen LogP contribution in [0.5, 0.6) is 0 Å². The maximum Gasteiger partial charge on any atom is 0.332 e. The quantitative estimate of drug-likeness (QED) is 0.502. The SMILES string of the molecule is Cc1[nH]c2ccccc2c1C/C(=N\NC(N)=O)c1ccccc1. The van der Waals surface area contributed by atoms with E-state index in [9.17, 15) is 4.79 Å². The largest absolute Gasteiger partial charge is 0.358 e. The van der Waals surface area contributed by atoms with Gasteiger partial charge in [0, 0.05) is 23.0 Å². The van der Waals surface area contributed by atoms with Crippen LogP contribution >= 0.6 is 0 Å². The second-order valence-electron chi connectivity index (χ2n) is 5.35. The third-order valence-corrected chi connectivity index (χ3v) is 3.78. The molecule has 0 bridgehead atoms. The molecule has 0 spiro atoms. The third-order valence-electron chi connectivity index (χ3n) is 3.78. The zero-order chi connectivity index (χ0) is 16.2. The molecule has 1 aromatic heterocycles. The number of benzene rings is 2. The van der Waals surface area contributed by atoms with Gasteiger partial charge in [0.2, 0.25) is 0 Å². The van der Waals surface area contributed by atoms with Crippen LogP contribution in [0.15, 0.2) is 59.7 Å². The lowest BCUT2D eigenvalue weighted by atomic mass is 10.00. The fourth-order valence-electron chi connectivity index (χ4n) is 2.69. The molecule has 0 radical (unpaired) electrons. The first-order valence-corrected chi connectivity index (χ1v) is 7.39. The number of aromatic amines is 1. The van der Waals surface area contributed by atoms with Crippen LogP contribution in [0.3, 0.4) is 0 Å². The number of H-pyrrole nitrogens is 1. The summed E-state index contributed by atoms with van der Waals surface area (Å²) in [6, 6.07) is 17.2. The third kappa shape index (κ3) is 3.23. The summed E-state index contributed by atoms with van der Waals surface area (Å²) in [6.45, 7) is 2.04. The summed E-state index contributed by atoms with van der Waals surface area (Å²) in [7, 11) is 0. The van der Waals surface area contributed by atoms with E-state index < -0.39 is 6.03 Å². The molecule has 116 valence electrons. The second kappa shape index (κ2) is 6.36. The fraction of sp³-hybridized carbons (Fsp3) is 0.111. The Bertz CT molecular complexity index is 865. The number of para-hydroxylation sites is 1. The summed E-state index contributed by atoms with van der Waals surface area (Å²) >= 11 is 0. The molecule has 0 saturated carbocycles. The van der Waals surface area contributed by atoms with Gasteiger partial charge in [-0.25, -0.2) is 10.2 Å². The smallest absolute Gasteiger partial charge is 0.332 e. The fourth-order valence-corrected chi connectivity index (χ4v) is 2.69. The van der Waals surface area contributed by atoms with Gasteiger partial charge in [-0.15, -0.1) is 0 Å². The molecule has 0 fully saturated rings. The molecule has 1 heterocycles. The molecule has 3 rings (SSSR count). The Morgan fingerprint density at radius 3 is 2.57 bits per heavy atom. The average Bonchev–Trinajstić information content (AvgIpc) is 2.87. The number of hydrazone groups is 1. The van der Waals surface area contributed by atoms with E-state index in [1.54, 1.807) is 0 Å². The van der Waals surface area contributed by atoms with E-state index in [-0.39, 0.29) is 0 Å². The van der Waals surface area contributed by atoms with Crippen LogP contribution in [-0.4, -0.2) is 16.7 Å². The van der Waals surface area contributed by atoms with E-state index in [0.717, 1.165) is 33.4 Å². The highest BCUT2D eigenvalue weighted by molar-refractivity contribution is 6.04. The highest BCUT2D eigenvalue weighted by atomic mass is 16.2. The summed E-state index contributed by atoms with van der Waals surface area (Å²) < 4.78 is 0. The van der Waals surface area contributed by atoms with E-state index in [1.807, 2.05) is 55.5 Å². The minimum absolute atomic E-state index is 0.597. The van der Waals surface area contributed by atoms with Gasteiger partial charge in [-0.2, -0.15) is 5.10 Å². The van der Waals surface area contributed by atoms with Crippen molar-refractivity contribution in [1.82, 2.24) is 10.4 Å². The predicted molar refractivity (Wildman–Crippen MR) is 92.4 cm³/mol. The first-order valence-electron chi connectivity index (χ1n) is 7.39. The van der Waals surface area contributed by atoms with Crippen molar-refractivity contribution in [2.75, 3.05) is 0 Å². The van der Waals surface area contributed by atoms with Gasteiger partial charge in [0.05, 0.1) is 5.71 Å². The molecule has 5 nitrogen and oxygen atoms in total. The van der Waals surface area contributed by atoms with Gasteiger partial charge < -0.3 is 10.7 Å². The van der Waals surface area contributed by atoms with Gasteiger partial charge in [0.15, 0.2) is 0 Å². The maximum absolute atomic E-state index is 11.0. The lowest BCUT2D eigenvalue weighted by molar-refractivity contribution is 0.249. The number of carbonyl (C=O) groups is 1. The summed E-state index contributed by atoms with van der Waals surface area (Å²) in [5, 5.41) is 5.35. The van der Waals surface area contributed by atoms with Gasteiger partial charge in [-0.1, -0.05) is 48.5 Å². The lowest BCUT2D eigenvalue weighted by Crippen LogP contribution is -2.26. The molecule has 5 heteroatoms. The molecule has 0 aliphatic heterocycles. The highest BCUT2D eigenvalue weighted by Gasteiger charge is 2.13. The van der Waals surface area contributed by atoms with Gasteiger partial charge in [-0.3, -0.25) is 0 Å². The Morgan fingerprint density at radius 1 is 1.13 bits per heavy atom. The molecular formula is C18H18N4O. The number of aryl methyl sites for hydroxylation is 1. The zero-order valence-electron chi connectivity index (χ0n) is 12.8. The van der Waals surface area contributed by atoms with Crippen molar-refractivity contribution >= 4 is 22.6 Å². The number of primary amides is 1. The monoisotopic (exact) mass is 306 g/mol. The first-order chi connectivity index (χ1) is 11.1. The minimum atomic E-state index is -0.672. The van der Waals surface area contributed by atoms with Crippen molar-refractivity contribution in [3.8, 4) is 0 Å². The van der Waals surface area contributed by atoms with E-state index in [1.165, 1.54) is 0 Å². The zero-order valence-corrected chi connectivity index (χ0v) is 12.8. The Balaban J connectivity index is 2.02. The molecule has 0 aliphatic carbocycles. The molecular weight excluding hydrogens is 288 g/mol. The lowest BCUT2D eigenvalue weighted by Gasteiger charge is -2.08. The first kappa shape index (κ1) is 14.8. The number of hydrogen-bond acceptors (Lipinski definition) is 2. The van der Waals surface area contributed by atoms with Gasteiger partial charge in [0.1, 0.15) is 0 Å². The Hall–Kier alpha value is -3.08. The number of amides is 2. The molecule has 0 aliphatic rings. The Morgan fingerprint density at radius 2 is 1.83 bits per heavy atom. The molecule has 3 aromatic rings. The molecule has 2 aromatic carbocycles. The number of urea groups is 1. The summed E-state index contributed by atoms with van der Waals surface area (Å²) in [4.78, 5) is 14.4. The van der Waals surface area contributed by atoms with E-state index in [0.29, 0.717) is 6.42 Å². The second-order valence-corrected chi connectivity index (χ2v) is 5.35. The van der Waals surface area contributed by atoms with Crippen LogP contribution in [0, 0.1) is 6.92 Å². The standard InChI is InChI=1S/C18H18N4O/c1-12-15(14-9-5-6-10-16(14)20-12)11-17(21-22-18(19)23)13-7-3-2-4-8-13/h2-10,20H,11H2,1H3,(H3,19,22,23)/b21-17+. The van der Waals surface area contributed by atoms with Crippen LogP contribution in [0.1, 0.15) is 16.8 Å². The molecule has 23 heavy (non-hydrogen) atoms. The van der Waals surface area contributed by atoms with Crippen molar-refractivity contribution in [2.45, 2.75) is 13.3 Å². The number of nitrogens with zero attached hydrogens (tertiary/aromatic N) is 1. The molecule has 0 unspecified atom stereocenters. The average molecular weight is 306 g/mol. The summed E-state index contributed by atoms with van der Waals surface area (Å²) in [5.74, 6) is 0. The number of aromatic nitrogens is 1. The van der Waals surface area contributed by atoms with Crippen molar-refractivity contribution in [2.24, 2.45) is 10.8 Å². The predicted octanol–water partition coefficient (Wildman–Crippen LogP) is 3.09. The van der Waals surface area contributed by atoms with Crippen LogP contribution in [-0.2, 0) is 6.42 Å². The van der Waals surface area contributed by atoms with Gasteiger partial charge in [-0.05, 0) is 24.1 Å². The number of fused-ring (bicyclic) bond motifs is 1. The number of nitrogens with one attached hydrogen (secondary N) is 2. The van der Waals surface area contributed by atoms with Gasteiger partial charge in [0.25, 0.3) is 0 Å². The van der Waals surface area contributed by atoms with Crippen LogP contribution in [0.25, 0.3) is 10.9 Å². The highest BCUT2D eigenvalue weighted by Crippen LogP contribution is 2.23. The molecule has 0 atom stereocenters. The Labute approximate surface area is 134 Å². The van der Waals surface area contributed by atoms with Crippen LogP contribution in [0.2, 0.25) is 0 Å². The summed E-state index contributed by atoms with van der Waals surface area (Å²) in [5.41, 5.74) is 12.5. The number of rotatable bonds is 4. The molecule has 4 N–H and O–H groups in total. The van der Waals surface area contributed by atoms with Gasteiger partial charge >= 0.3 is 6.03 Å².